The Bertz CT molecular complexity index is 72.2. The Labute approximate surface area is 44.7 Å². The fourth-order valence-electron chi connectivity index (χ4n) is 0.241. The third-order valence-corrected chi connectivity index (χ3v) is 1.11. The van der Waals surface area contributed by atoms with Crippen LogP contribution in [0.1, 0.15) is 20.8 Å². The number of hydrogen-bond donors (Lipinski definition) is 1. The molecule has 0 unspecified atom stereocenters. The van der Waals surface area contributed by atoms with Crippen LogP contribution in [0.3, 0.4) is 0 Å². The molecule has 0 aromatic heterocycles. The molecule has 1 N–H and O–H groups in total. The summed E-state index contributed by atoms with van der Waals surface area (Å²) in [6.07, 6.45) is 1.63. The highest BCUT2D eigenvalue weighted by atomic mass is 16.3. The molecule has 0 fully saturated rings. The molecule has 0 aromatic carbocycles. The molecule has 0 amide bonds. The minimum absolute atomic E-state index is 0.273. The third-order valence-electron chi connectivity index (χ3n) is 1.11. The van der Waals surface area contributed by atoms with Gasteiger partial charge in [0.05, 0.1) is 6.10 Å². The van der Waals surface area contributed by atoms with E-state index in [4.69, 9.17) is 5.11 Å². The van der Waals surface area contributed by atoms with Crippen molar-refractivity contribution in [3.05, 3.63) is 11.6 Å². The summed E-state index contributed by atoms with van der Waals surface area (Å²) in [4.78, 5) is 0. The zero-order valence-electron chi connectivity index (χ0n) is 5.10. The Morgan fingerprint density at radius 3 is 2.14 bits per heavy atom. The molecule has 0 rings (SSSR count). The van der Waals surface area contributed by atoms with Crippen molar-refractivity contribution in [2.45, 2.75) is 26.9 Å². The van der Waals surface area contributed by atoms with Gasteiger partial charge in [-0.05, 0) is 26.3 Å². The molecule has 0 radical (unpaired) electrons. The van der Waals surface area contributed by atoms with Crippen LogP contribution in [-0.2, 0) is 0 Å². The zero-order valence-corrected chi connectivity index (χ0v) is 5.10. The highest BCUT2D eigenvalue weighted by Gasteiger charge is 1.92. The van der Waals surface area contributed by atoms with Gasteiger partial charge in [-0.1, -0.05) is 6.08 Å². The van der Waals surface area contributed by atoms with E-state index in [0.717, 1.165) is 5.57 Å². The van der Waals surface area contributed by atoms with E-state index in [1.54, 1.807) is 6.92 Å². The van der Waals surface area contributed by atoms with Gasteiger partial charge in [-0.2, -0.15) is 0 Å². The summed E-state index contributed by atoms with van der Waals surface area (Å²) in [6.45, 7) is 5.59. The van der Waals surface area contributed by atoms with Crippen molar-refractivity contribution in [2.75, 3.05) is 0 Å². The topological polar surface area (TPSA) is 20.2 Å². The van der Waals surface area contributed by atoms with Crippen molar-refractivity contribution in [1.82, 2.24) is 0 Å². The monoisotopic (exact) mass is 100 g/mol. The van der Waals surface area contributed by atoms with Gasteiger partial charge in [-0.25, -0.2) is 0 Å². The van der Waals surface area contributed by atoms with Gasteiger partial charge >= 0.3 is 0 Å². The molecule has 0 bridgehead atoms. The van der Waals surface area contributed by atoms with Crippen molar-refractivity contribution >= 4 is 0 Å². The van der Waals surface area contributed by atoms with E-state index in [2.05, 4.69) is 0 Å². The van der Waals surface area contributed by atoms with E-state index in [0.29, 0.717) is 0 Å². The number of aliphatic hydroxyl groups is 1. The van der Waals surface area contributed by atoms with Crippen LogP contribution in [0.4, 0.5) is 0 Å². The van der Waals surface area contributed by atoms with Crippen LogP contribution in [0.5, 0.6) is 0 Å². The van der Waals surface area contributed by atoms with E-state index >= 15 is 0 Å². The molecule has 1 nitrogen and oxygen atoms in total. The molecule has 1 heteroatoms. The van der Waals surface area contributed by atoms with Gasteiger partial charge in [0, 0.05) is 0 Å². The first-order valence-corrected chi connectivity index (χ1v) is 2.49. The van der Waals surface area contributed by atoms with Crippen molar-refractivity contribution in [3.63, 3.8) is 0 Å². The molecule has 0 aliphatic carbocycles. The van der Waals surface area contributed by atoms with Crippen LogP contribution < -0.4 is 0 Å². The second-order valence-corrected chi connectivity index (χ2v) is 1.71. The lowest BCUT2D eigenvalue weighted by Crippen LogP contribution is -1.99. The quantitative estimate of drug-likeness (QED) is 0.493. The minimum atomic E-state index is -0.273. The first-order chi connectivity index (χ1) is 3.18. The normalized spacial score (nSPS) is 16.9. The predicted molar refractivity (Wildman–Crippen MR) is 31.1 cm³/mol. The van der Waals surface area contributed by atoms with Gasteiger partial charge in [0.2, 0.25) is 0 Å². The Morgan fingerprint density at radius 1 is 1.71 bits per heavy atom. The van der Waals surface area contributed by atoms with Gasteiger partial charge in [-0.3, -0.25) is 0 Å². The van der Waals surface area contributed by atoms with Crippen molar-refractivity contribution in [1.29, 1.82) is 0 Å². The maximum atomic E-state index is 8.75. The van der Waals surface area contributed by atoms with Gasteiger partial charge in [0.25, 0.3) is 0 Å². The molecule has 0 spiro atoms. The van der Waals surface area contributed by atoms with Crippen LogP contribution in [-0.4, -0.2) is 11.2 Å². The van der Waals surface area contributed by atoms with Crippen LogP contribution in [0.25, 0.3) is 0 Å². The number of allylic oxidation sites excluding steroid dienone is 1. The van der Waals surface area contributed by atoms with E-state index < -0.39 is 0 Å². The molecule has 0 saturated carbocycles. The summed E-state index contributed by atoms with van der Waals surface area (Å²) in [5.74, 6) is 0. The average Bonchev–Trinajstić information content (AvgIpc) is 1.65. The lowest BCUT2D eigenvalue weighted by molar-refractivity contribution is 0.231. The molecule has 0 heterocycles. The standard InChI is InChI=1S/C6H12O/c1-4-5(2)6(3)7/h4,6-7H,1-3H3/b5-4-/t6-/m0/s1. The van der Waals surface area contributed by atoms with Crippen molar-refractivity contribution in [2.24, 2.45) is 0 Å². The molecular formula is C6H12O. The maximum absolute atomic E-state index is 8.75. The minimum Gasteiger partial charge on any atom is -0.389 e. The summed E-state index contributed by atoms with van der Waals surface area (Å²) >= 11 is 0. The summed E-state index contributed by atoms with van der Waals surface area (Å²) < 4.78 is 0. The van der Waals surface area contributed by atoms with Crippen molar-refractivity contribution in [3.8, 4) is 0 Å². The zero-order chi connectivity index (χ0) is 5.86. The molecule has 0 aliphatic heterocycles. The molecule has 0 aromatic rings. The SMILES string of the molecule is C/C=C(/C)[C@H](C)O. The van der Waals surface area contributed by atoms with Crippen LogP contribution in [0.15, 0.2) is 11.6 Å². The van der Waals surface area contributed by atoms with Crippen LogP contribution in [0, 0.1) is 0 Å². The lowest BCUT2D eigenvalue weighted by Gasteiger charge is -1.99. The van der Waals surface area contributed by atoms with Gasteiger partial charge in [0.1, 0.15) is 0 Å². The predicted octanol–water partition coefficient (Wildman–Crippen LogP) is 1.33. The molecule has 42 valence electrons. The first kappa shape index (κ1) is 6.70. The van der Waals surface area contributed by atoms with Gasteiger partial charge in [0.15, 0.2) is 0 Å². The first-order valence-electron chi connectivity index (χ1n) is 2.49. The fraction of sp³-hybridized carbons (Fsp3) is 0.667. The smallest absolute Gasteiger partial charge is 0.0719 e. The second kappa shape index (κ2) is 2.80. The van der Waals surface area contributed by atoms with E-state index in [1.165, 1.54) is 0 Å². The molecular weight excluding hydrogens is 88.1 g/mol. The summed E-state index contributed by atoms with van der Waals surface area (Å²) in [7, 11) is 0. The average molecular weight is 100 g/mol. The Morgan fingerprint density at radius 2 is 2.14 bits per heavy atom. The van der Waals surface area contributed by atoms with Crippen molar-refractivity contribution < 1.29 is 5.11 Å². The fourth-order valence-corrected chi connectivity index (χ4v) is 0.241. The second-order valence-electron chi connectivity index (χ2n) is 1.71. The highest BCUT2D eigenvalue weighted by molar-refractivity contribution is 5.00. The van der Waals surface area contributed by atoms with Crippen LogP contribution >= 0.6 is 0 Å². The number of rotatable bonds is 1. The van der Waals surface area contributed by atoms with Gasteiger partial charge < -0.3 is 5.11 Å². The van der Waals surface area contributed by atoms with Gasteiger partial charge in [-0.15, -0.1) is 0 Å². The molecule has 1 atom stereocenters. The summed E-state index contributed by atoms with van der Waals surface area (Å²) in [5.41, 5.74) is 1.03. The van der Waals surface area contributed by atoms with E-state index in [9.17, 15) is 0 Å². The van der Waals surface area contributed by atoms with E-state index in [-0.39, 0.29) is 6.10 Å². The summed E-state index contributed by atoms with van der Waals surface area (Å²) in [5, 5.41) is 8.75. The number of aliphatic hydroxyl groups excluding tert-OH is 1. The van der Waals surface area contributed by atoms with E-state index in [1.807, 2.05) is 19.9 Å². The lowest BCUT2D eigenvalue weighted by atomic mass is 10.2. The third kappa shape index (κ3) is 2.40. The molecule has 0 aliphatic rings. The Kier molecular flexibility index (Phi) is 2.68. The largest absolute Gasteiger partial charge is 0.389 e. The van der Waals surface area contributed by atoms with Crippen LogP contribution in [0.2, 0.25) is 0 Å². The Balaban J connectivity index is 3.56. The Hall–Kier alpha value is -0.300. The highest BCUT2D eigenvalue weighted by Crippen LogP contribution is 1.96. The number of hydrogen-bond acceptors (Lipinski definition) is 1. The summed E-state index contributed by atoms with van der Waals surface area (Å²) in [6, 6.07) is 0. The molecule has 7 heavy (non-hydrogen) atoms. The maximum Gasteiger partial charge on any atom is 0.0719 e. The molecule has 0 saturated heterocycles.